The molecule has 77 valence electrons. The number of furan rings is 1. The van der Waals surface area contributed by atoms with Gasteiger partial charge in [0.2, 0.25) is 0 Å². The number of nitrogens with one attached hydrogen (secondary N) is 1. The molecule has 0 spiro atoms. The van der Waals surface area contributed by atoms with Gasteiger partial charge in [0.05, 0.1) is 12.6 Å². The predicted octanol–water partition coefficient (Wildman–Crippen LogP) is 0.971. The van der Waals surface area contributed by atoms with Crippen LogP contribution in [-0.2, 0) is 0 Å². The van der Waals surface area contributed by atoms with E-state index in [1.54, 1.807) is 0 Å². The molecule has 1 heterocycles. The van der Waals surface area contributed by atoms with Crippen LogP contribution in [0.5, 0.6) is 0 Å². The summed E-state index contributed by atoms with van der Waals surface area (Å²) in [5, 5.41) is 11.6. The van der Waals surface area contributed by atoms with E-state index in [9.17, 15) is 4.79 Å². The Bertz CT molecular complexity index is 269. The summed E-state index contributed by atoms with van der Waals surface area (Å²) < 4.78 is 4.80. The fraction of sp³-hybridized carbons (Fsp3) is 0.500. The number of carbonyl (C=O) groups is 1. The number of aliphatic hydroxyl groups is 1. The van der Waals surface area contributed by atoms with Gasteiger partial charge in [0.15, 0.2) is 12.0 Å². The van der Waals surface area contributed by atoms with Crippen molar-refractivity contribution in [3.8, 4) is 0 Å². The summed E-state index contributed by atoms with van der Waals surface area (Å²) in [4.78, 5) is 11.4. The Morgan fingerprint density at radius 1 is 1.79 bits per heavy atom. The average Bonchev–Trinajstić information content (AvgIpc) is 2.69. The van der Waals surface area contributed by atoms with Crippen molar-refractivity contribution in [2.45, 2.75) is 25.8 Å². The van der Waals surface area contributed by atoms with Gasteiger partial charge in [0.1, 0.15) is 0 Å². The third kappa shape index (κ3) is 2.88. The van der Waals surface area contributed by atoms with Crippen LogP contribution in [0.25, 0.3) is 0 Å². The molecule has 1 rings (SSSR count). The number of rotatable bonds is 5. The third-order valence-corrected chi connectivity index (χ3v) is 1.89. The topological polar surface area (TPSA) is 62.5 Å². The minimum atomic E-state index is -0.307. The quantitative estimate of drug-likeness (QED) is 0.737. The maximum absolute atomic E-state index is 11.4. The molecule has 0 aliphatic rings. The van der Waals surface area contributed by atoms with Gasteiger partial charge in [-0.15, -0.1) is 0 Å². The number of hydrogen-bond acceptors (Lipinski definition) is 3. The van der Waals surface area contributed by atoms with Gasteiger partial charge in [0, 0.05) is 0 Å². The van der Waals surface area contributed by atoms with Crippen molar-refractivity contribution >= 4 is 5.91 Å². The lowest BCUT2D eigenvalue weighted by Crippen LogP contribution is -2.37. The first-order valence-corrected chi connectivity index (χ1v) is 4.65. The summed E-state index contributed by atoms with van der Waals surface area (Å²) >= 11 is 0. The van der Waals surface area contributed by atoms with Crippen molar-refractivity contribution in [1.82, 2.24) is 5.32 Å². The normalized spacial score (nSPS) is 12.4. The van der Waals surface area contributed by atoms with Crippen LogP contribution in [0.15, 0.2) is 16.5 Å². The van der Waals surface area contributed by atoms with Crippen LogP contribution < -0.4 is 5.32 Å². The van der Waals surface area contributed by atoms with Gasteiger partial charge in [-0.1, -0.05) is 13.3 Å². The largest absolute Gasteiger partial charge is 0.448 e. The minimum absolute atomic E-state index is 0.0516. The fourth-order valence-electron chi connectivity index (χ4n) is 1.18. The highest BCUT2D eigenvalue weighted by atomic mass is 16.3. The number of amides is 1. The number of carbonyl (C=O) groups excluding carboxylic acids is 1. The highest BCUT2D eigenvalue weighted by molar-refractivity contribution is 5.91. The SMILES string of the molecule is CCCC(CO)NC(=O)c1cc[c]o1. The molecule has 0 bridgehead atoms. The van der Waals surface area contributed by atoms with E-state index in [0.717, 1.165) is 12.8 Å². The van der Waals surface area contributed by atoms with Gasteiger partial charge < -0.3 is 14.8 Å². The second kappa shape index (κ2) is 5.44. The van der Waals surface area contributed by atoms with Crippen molar-refractivity contribution in [3.05, 3.63) is 24.2 Å². The van der Waals surface area contributed by atoms with E-state index in [-0.39, 0.29) is 24.3 Å². The zero-order valence-electron chi connectivity index (χ0n) is 8.12. The Labute approximate surface area is 82.9 Å². The molecule has 1 aromatic heterocycles. The van der Waals surface area contributed by atoms with Crippen molar-refractivity contribution in [3.63, 3.8) is 0 Å². The lowest BCUT2D eigenvalue weighted by molar-refractivity contribution is 0.0884. The maximum Gasteiger partial charge on any atom is 0.287 e. The first-order chi connectivity index (χ1) is 6.77. The molecule has 1 unspecified atom stereocenters. The first kappa shape index (κ1) is 10.8. The lowest BCUT2D eigenvalue weighted by atomic mass is 10.2. The monoisotopic (exact) mass is 196 g/mol. The van der Waals surface area contributed by atoms with Crippen LogP contribution in [0, 0.1) is 6.26 Å². The van der Waals surface area contributed by atoms with Crippen LogP contribution in [-0.4, -0.2) is 23.7 Å². The molecule has 1 aromatic rings. The Kier molecular flexibility index (Phi) is 4.19. The van der Waals surface area contributed by atoms with E-state index in [4.69, 9.17) is 9.52 Å². The summed E-state index contributed by atoms with van der Waals surface area (Å²) in [5.41, 5.74) is 0. The molecule has 1 radical (unpaired) electrons. The predicted molar refractivity (Wildman–Crippen MR) is 50.8 cm³/mol. The zero-order valence-corrected chi connectivity index (χ0v) is 8.12. The lowest BCUT2D eigenvalue weighted by Gasteiger charge is -2.13. The molecule has 2 N–H and O–H groups in total. The molecule has 4 heteroatoms. The molecule has 1 amide bonds. The minimum Gasteiger partial charge on any atom is -0.448 e. The summed E-state index contributed by atoms with van der Waals surface area (Å²) in [5.74, 6) is -0.0849. The summed E-state index contributed by atoms with van der Waals surface area (Å²) in [7, 11) is 0. The van der Waals surface area contributed by atoms with Crippen LogP contribution in [0.4, 0.5) is 0 Å². The standard InChI is InChI=1S/C10H14NO3/c1-2-4-8(7-12)11-10(13)9-5-3-6-14-9/h3,5,8,12H,2,4,7H2,1H3,(H,11,13). The molecule has 0 fully saturated rings. The Hall–Kier alpha value is -1.29. The molecule has 0 aliphatic carbocycles. The molecule has 1 atom stereocenters. The van der Waals surface area contributed by atoms with Gasteiger partial charge in [-0.25, -0.2) is 0 Å². The van der Waals surface area contributed by atoms with Gasteiger partial charge in [0.25, 0.3) is 5.91 Å². The second-order valence-electron chi connectivity index (χ2n) is 3.06. The zero-order chi connectivity index (χ0) is 10.4. The summed E-state index contributed by atoms with van der Waals surface area (Å²) in [6.07, 6.45) is 4.10. The second-order valence-corrected chi connectivity index (χ2v) is 3.06. The number of aliphatic hydroxyl groups excluding tert-OH is 1. The first-order valence-electron chi connectivity index (χ1n) is 4.65. The van der Waals surface area contributed by atoms with Gasteiger partial charge in [-0.3, -0.25) is 4.79 Å². The number of hydrogen-bond donors (Lipinski definition) is 2. The van der Waals surface area contributed by atoms with Crippen LogP contribution in [0.3, 0.4) is 0 Å². The van der Waals surface area contributed by atoms with Crippen LogP contribution in [0.2, 0.25) is 0 Å². The van der Waals surface area contributed by atoms with E-state index in [1.807, 2.05) is 6.92 Å². The smallest absolute Gasteiger partial charge is 0.287 e. The van der Waals surface area contributed by atoms with Crippen molar-refractivity contribution in [2.24, 2.45) is 0 Å². The van der Waals surface area contributed by atoms with E-state index < -0.39 is 0 Å². The van der Waals surface area contributed by atoms with Crippen molar-refractivity contribution < 1.29 is 14.3 Å². The van der Waals surface area contributed by atoms with Crippen molar-refractivity contribution in [2.75, 3.05) is 6.61 Å². The van der Waals surface area contributed by atoms with Gasteiger partial charge in [-0.05, 0) is 18.6 Å². The maximum atomic E-state index is 11.4. The highest BCUT2D eigenvalue weighted by Gasteiger charge is 2.13. The summed E-state index contributed by atoms with van der Waals surface area (Å²) in [6, 6.07) is 2.87. The Balaban J connectivity index is 2.47. The van der Waals surface area contributed by atoms with Crippen molar-refractivity contribution in [1.29, 1.82) is 0 Å². The molecular formula is C10H14NO3. The molecule has 0 aromatic carbocycles. The fourth-order valence-corrected chi connectivity index (χ4v) is 1.18. The summed E-state index contributed by atoms with van der Waals surface area (Å²) in [6.45, 7) is 1.94. The average molecular weight is 196 g/mol. The molecular weight excluding hydrogens is 182 g/mol. The Morgan fingerprint density at radius 3 is 3.07 bits per heavy atom. The van der Waals surface area contributed by atoms with Gasteiger partial charge in [-0.2, -0.15) is 0 Å². The Morgan fingerprint density at radius 2 is 2.57 bits per heavy atom. The van der Waals surface area contributed by atoms with E-state index in [2.05, 4.69) is 11.6 Å². The van der Waals surface area contributed by atoms with E-state index in [1.165, 1.54) is 12.1 Å². The van der Waals surface area contributed by atoms with Crippen LogP contribution in [0.1, 0.15) is 30.3 Å². The van der Waals surface area contributed by atoms with E-state index in [0.29, 0.717) is 0 Å². The molecule has 14 heavy (non-hydrogen) atoms. The molecule has 0 aliphatic heterocycles. The molecule has 0 saturated carbocycles. The van der Waals surface area contributed by atoms with Gasteiger partial charge >= 0.3 is 0 Å². The molecule has 4 nitrogen and oxygen atoms in total. The van der Waals surface area contributed by atoms with E-state index >= 15 is 0 Å². The van der Waals surface area contributed by atoms with Crippen LogP contribution >= 0.6 is 0 Å². The highest BCUT2D eigenvalue weighted by Crippen LogP contribution is 2.01. The molecule has 0 saturated heterocycles. The third-order valence-electron chi connectivity index (χ3n) is 1.89.